The fourth-order valence-electron chi connectivity index (χ4n) is 2.01. The molecule has 8 heteroatoms. The third-order valence-electron chi connectivity index (χ3n) is 3.23. The van der Waals surface area contributed by atoms with Crippen LogP contribution in [0.5, 0.6) is 0 Å². The summed E-state index contributed by atoms with van der Waals surface area (Å²) in [5.74, 6) is -4.35. The molecule has 0 aromatic carbocycles. The topological polar surface area (TPSA) is 105 Å². The molecule has 0 amide bonds. The van der Waals surface area contributed by atoms with E-state index in [1.165, 1.54) is 21.3 Å². The Kier molecular flexibility index (Phi) is 9.56. The molecule has 2 unspecified atom stereocenters. The molecule has 0 saturated heterocycles. The van der Waals surface area contributed by atoms with Crippen molar-refractivity contribution in [2.45, 2.75) is 25.7 Å². The van der Waals surface area contributed by atoms with Gasteiger partial charge in [0.05, 0.1) is 46.7 Å². The molecule has 0 aromatic rings. The van der Waals surface area contributed by atoms with Crippen molar-refractivity contribution < 1.29 is 38.1 Å². The third-order valence-corrected chi connectivity index (χ3v) is 3.23. The van der Waals surface area contributed by atoms with E-state index in [4.69, 9.17) is 0 Å². The van der Waals surface area contributed by atoms with Crippen molar-refractivity contribution >= 4 is 23.9 Å². The molecule has 0 aliphatic heterocycles. The van der Waals surface area contributed by atoms with E-state index in [0.29, 0.717) is 6.42 Å². The first kappa shape index (κ1) is 19.9. The lowest BCUT2D eigenvalue weighted by atomic mass is 9.85. The van der Waals surface area contributed by atoms with Crippen LogP contribution in [0.1, 0.15) is 25.7 Å². The smallest absolute Gasteiger partial charge is 0.310 e. The van der Waals surface area contributed by atoms with Crippen molar-refractivity contribution in [1.29, 1.82) is 0 Å². The van der Waals surface area contributed by atoms with Crippen LogP contribution in [0.15, 0.2) is 0 Å². The van der Waals surface area contributed by atoms with Crippen LogP contribution in [0.4, 0.5) is 0 Å². The van der Waals surface area contributed by atoms with Crippen molar-refractivity contribution in [3.63, 3.8) is 0 Å². The SMILES string of the molecule is COC(=O)CCCC(C(=O)OC)C(CC(=O)OC)C(=O)OC. The molecule has 0 spiro atoms. The number of hydrogen-bond acceptors (Lipinski definition) is 8. The second-order valence-electron chi connectivity index (χ2n) is 4.51. The Hall–Kier alpha value is -2.12. The van der Waals surface area contributed by atoms with Gasteiger partial charge in [-0.05, 0) is 12.8 Å². The van der Waals surface area contributed by atoms with Crippen LogP contribution in [-0.4, -0.2) is 52.3 Å². The lowest BCUT2D eigenvalue weighted by molar-refractivity contribution is -0.161. The van der Waals surface area contributed by atoms with Crippen molar-refractivity contribution in [3.05, 3.63) is 0 Å². The molecule has 0 N–H and O–H groups in total. The molecule has 2 atom stereocenters. The monoisotopic (exact) mass is 318 g/mol. The van der Waals surface area contributed by atoms with E-state index in [-0.39, 0.29) is 19.3 Å². The van der Waals surface area contributed by atoms with Gasteiger partial charge in [0, 0.05) is 6.42 Å². The van der Waals surface area contributed by atoms with Gasteiger partial charge in [-0.2, -0.15) is 0 Å². The van der Waals surface area contributed by atoms with Crippen molar-refractivity contribution in [2.24, 2.45) is 11.8 Å². The van der Waals surface area contributed by atoms with Gasteiger partial charge in [-0.15, -0.1) is 0 Å². The van der Waals surface area contributed by atoms with Gasteiger partial charge in [-0.3, -0.25) is 19.2 Å². The summed E-state index contributed by atoms with van der Waals surface area (Å²) in [6.07, 6.45) is 0.275. The van der Waals surface area contributed by atoms with Crippen LogP contribution < -0.4 is 0 Å². The zero-order valence-corrected chi connectivity index (χ0v) is 13.2. The summed E-state index contributed by atoms with van der Waals surface area (Å²) in [6.45, 7) is 0. The number of carbonyl (C=O) groups excluding carboxylic acids is 4. The molecule has 22 heavy (non-hydrogen) atoms. The zero-order chi connectivity index (χ0) is 17.1. The highest BCUT2D eigenvalue weighted by Gasteiger charge is 2.37. The summed E-state index contributed by atoms with van der Waals surface area (Å²) in [5.41, 5.74) is 0. The molecule has 0 aromatic heterocycles. The standard InChI is InChI=1S/C14H22O8/c1-19-11(15)7-5-6-9(13(17)21-3)10(14(18)22-4)8-12(16)20-2/h9-10H,5-8H2,1-4H3. The first-order valence-electron chi connectivity index (χ1n) is 6.70. The molecule has 8 nitrogen and oxygen atoms in total. The van der Waals surface area contributed by atoms with Gasteiger partial charge < -0.3 is 18.9 Å². The number of hydrogen-bond donors (Lipinski definition) is 0. The summed E-state index contributed by atoms with van der Waals surface area (Å²) in [6, 6.07) is 0. The highest BCUT2D eigenvalue weighted by Crippen LogP contribution is 2.25. The van der Waals surface area contributed by atoms with Crippen LogP contribution in [-0.2, 0) is 38.1 Å². The van der Waals surface area contributed by atoms with Crippen molar-refractivity contribution in [3.8, 4) is 0 Å². The summed E-state index contributed by atoms with van der Waals surface area (Å²) in [4.78, 5) is 46.3. The minimum Gasteiger partial charge on any atom is -0.469 e. The number of carbonyl (C=O) groups is 4. The maximum Gasteiger partial charge on any atom is 0.310 e. The van der Waals surface area contributed by atoms with E-state index in [0.717, 1.165) is 7.11 Å². The average Bonchev–Trinajstić information content (AvgIpc) is 2.54. The summed E-state index contributed by atoms with van der Waals surface area (Å²) >= 11 is 0. The second-order valence-corrected chi connectivity index (χ2v) is 4.51. The van der Waals surface area contributed by atoms with Gasteiger partial charge in [-0.1, -0.05) is 0 Å². The van der Waals surface area contributed by atoms with E-state index >= 15 is 0 Å². The maximum absolute atomic E-state index is 11.9. The molecule has 0 aliphatic rings. The number of esters is 4. The maximum atomic E-state index is 11.9. The fourth-order valence-corrected chi connectivity index (χ4v) is 2.01. The van der Waals surface area contributed by atoms with Crippen molar-refractivity contribution in [2.75, 3.05) is 28.4 Å². The molecule has 0 fully saturated rings. The van der Waals surface area contributed by atoms with Gasteiger partial charge in [0.1, 0.15) is 0 Å². The van der Waals surface area contributed by atoms with Crippen LogP contribution >= 0.6 is 0 Å². The first-order chi connectivity index (χ1) is 10.4. The molecule has 126 valence electrons. The highest BCUT2D eigenvalue weighted by molar-refractivity contribution is 5.85. The summed E-state index contributed by atoms with van der Waals surface area (Å²) < 4.78 is 18.3. The van der Waals surface area contributed by atoms with Gasteiger partial charge >= 0.3 is 23.9 Å². The molecule has 0 radical (unpaired) electrons. The van der Waals surface area contributed by atoms with E-state index in [2.05, 4.69) is 18.9 Å². The summed E-state index contributed by atoms with van der Waals surface area (Å²) in [5, 5.41) is 0. The normalized spacial score (nSPS) is 12.7. The summed E-state index contributed by atoms with van der Waals surface area (Å²) in [7, 11) is 4.78. The average molecular weight is 318 g/mol. The Morgan fingerprint density at radius 2 is 1.23 bits per heavy atom. The second kappa shape index (κ2) is 10.6. The van der Waals surface area contributed by atoms with Crippen LogP contribution in [0.25, 0.3) is 0 Å². The Balaban J connectivity index is 5.04. The number of rotatable bonds is 9. The van der Waals surface area contributed by atoms with Gasteiger partial charge in [0.15, 0.2) is 0 Å². The predicted molar refractivity (Wildman–Crippen MR) is 73.5 cm³/mol. The fraction of sp³-hybridized carbons (Fsp3) is 0.714. The number of ether oxygens (including phenoxy) is 4. The van der Waals surface area contributed by atoms with Crippen LogP contribution in [0.2, 0.25) is 0 Å². The number of methoxy groups -OCH3 is 4. The lowest BCUT2D eigenvalue weighted by Crippen LogP contribution is -2.34. The predicted octanol–water partition coefficient (Wildman–Crippen LogP) is 0.471. The van der Waals surface area contributed by atoms with Crippen LogP contribution in [0.3, 0.4) is 0 Å². The van der Waals surface area contributed by atoms with Gasteiger partial charge in [-0.25, -0.2) is 0 Å². The van der Waals surface area contributed by atoms with Gasteiger partial charge in [0.25, 0.3) is 0 Å². The lowest BCUT2D eigenvalue weighted by Gasteiger charge is -2.22. The Morgan fingerprint density at radius 3 is 1.68 bits per heavy atom. The zero-order valence-electron chi connectivity index (χ0n) is 13.2. The van der Waals surface area contributed by atoms with E-state index in [1.54, 1.807) is 0 Å². The molecule has 0 saturated carbocycles. The molecule has 0 aliphatic carbocycles. The first-order valence-corrected chi connectivity index (χ1v) is 6.70. The van der Waals surface area contributed by atoms with E-state index < -0.39 is 35.7 Å². The Bertz CT molecular complexity index is 404. The molecule has 0 bridgehead atoms. The Labute approximate surface area is 129 Å². The van der Waals surface area contributed by atoms with Crippen LogP contribution in [0, 0.1) is 11.8 Å². The minimum absolute atomic E-state index is 0.0934. The quantitative estimate of drug-likeness (QED) is 0.446. The van der Waals surface area contributed by atoms with E-state index in [1.807, 2.05) is 0 Å². The molecule has 0 heterocycles. The van der Waals surface area contributed by atoms with Crippen molar-refractivity contribution in [1.82, 2.24) is 0 Å². The van der Waals surface area contributed by atoms with E-state index in [9.17, 15) is 19.2 Å². The largest absolute Gasteiger partial charge is 0.469 e. The van der Waals surface area contributed by atoms with Gasteiger partial charge in [0.2, 0.25) is 0 Å². The highest BCUT2D eigenvalue weighted by atomic mass is 16.5. The minimum atomic E-state index is -1.03. The molecular formula is C14H22O8. The molecular weight excluding hydrogens is 296 g/mol. The Morgan fingerprint density at radius 1 is 0.727 bits per heavy atom. The molecule has 0 rings (SSSR count). The third kappa shape index (κ3) is 6.55.